The summed E-state index contributed by atoms with van der Waals surface area (Å²) >= 11 is 0. The standard InChI is InChI=1S/C21H18N6O2/c1-27-19(7-8-25-27)20(28)18-11-22-21(26-18)13-3-2-4-14(9-13)29-15-5-6-16-17(10-15)24-12-23-16/h2-12,20,28H,1H3,(H,22,26)(H,23,24). The quantitative estimate of drug-likeness (QED) is 0.428. The minimum absolute atomic E-state index is 0.597. The van der Waals surface area contributed by atoms with Gasteiger partial charge in [0, 0.05) is 24.9 Å². The third-order valence-electron chi connectivity index (χ3n) is 4.76. The van der Waals surface area contributed by atoms with Crippen molar-refractivity contribution in [1.29, 1.82) is 0 Å². The second-order valence-corrected chi connectivity index (χ2v) is 6.68. The lowest BCUT2D eigenvalue weighted by atomic mass is 10.2. The highest BCUT2D eigenvalue weighted by Gasteiger charge is 2.17. The average Bonchev–Trinajstić information content (AvgIpc) is 3.48. The van der Waals surface area contributed by atoms with Gasteiger partial charge in [-0.1, -0.05) is 12.1 Å². The smallest absolute Gasteiger partial charge is 0.137 e. The molecule has 0 aliphatic rings. The molecule has 0 radical (unpaired) electrons. The van der Waals surface area contributed by atoms with Crippen LogP contribution in [0.15, 0.2) is 67.3 Å². The van der Waals surface area contributed by atoms with Gasteiger partial charge < -0.3 is 19.8 Å². The monoisotopic (exact) mass is 386 g/mol. The van der Waals surface area contributed by atoms with Gasteiger partial charge >= 0.3 is 0 Å². The normalized spacial score (nSPS) is 12.3. The first-order valence-electron chi connectivity index (χ1n) is 9.10. The van der Waals surface area contributed by atoms with Gasteiger partial charge in [-0.25, -0.2) is 9.97 Å². The Morgan fingerprint density at radius 2 is 1.97 bits per heavy atom. The van der Waals surface area contributed by atoms with Crippen molar-refractivity contribution in [3.05, 3.63) is 78.6 Å². The van der Waals surface area contributed by atoms with Crippen molar-refractivity contribution in [2.24, 2.45) is 7.05 Å². The molecule has 0 saturated carbocycles. The Balaban J connectivity index is 1.39. The van der Waals surface area contributed by atoms with E-state index >= 15 is 0 Å². The van der Waals surface area contributed by atoms with Crippen molar-refractivity contribution in [3.63, 3.8) is 0 Å². The Morgan fingerprint density at radius 1 is 1.07 bits per heavy atom. The zero-order valence-corrected chi connectivity index (χ0v) is 15.6. The number of nitrogens with zero attached hydrogens (tertiary/aromatic N) is 4. The predicted octanol–water partition coefficient (Wildman–Crippen LogP) is 3.56. The van der Waals surface area contributed by atoms with Gasteiger partial charge in [-0.05, 0) is 30.3 Å². The highest BCUT2D eigenvalue weighted by Crippen LogP contribution is 2.28. The lowest BCUT2D eigenvalue weighted by Crippen LogP contribution is -2.06. The number of aliphatic hydroxyl groups is 1. The topological polar surface area (TPSA) is 105 Å². The van der Waals surface area contributed by atoms with Gasteiger partial charge in [0.1, 0.15) is 23.4 Å². The second kappa shape index (κ2) is 6.92. The zero-order chi connectivity index (χ0) is 19.8. The van der Waals surface area contributed by atoms with Crippen LogP contribution in [0.25, 0.3) is 22.4 Å². The van der Waals surface area contributed by atoms with Crippen molar-refractivity contribution >= 4 is 11.0 Å². The molecule has 0 spiro atoms. The fourth-order valence-electron chi connectivity index (χ4n) is 3.25. The van der Waals surface area contributed by atoms with Crippen LogP contribution in [0.1, 0.15) is 17.5 Å². The Hall–Kier alpha value is -3.91. The molecular formula is C21H18N6O2. The molecular weight excluding hydrogens is 368 g/mol. The van der Waals surface area contributed by atoms with Crippen LogP contribution in [0.2, 0.25) is 0 Å². The SMILES string of the molecule is Cn1nccc1C(O)c1cnc(-c2cccc(Oc3ccc4nc[nH]c4c3)c2)[nH]1. The Morgan fingerprint density at radius 3 is 2.83 bits per heavy atom. The fraction of sp³-hybridized carbons (Fsp3) is 0.0952. The molecule has 3 heterocycles. The van der Waals surface area contributed by atoms with Crippen molar-refractivity contribution in [1.82, 2.24) is 29.7 Å². The molecule has 8 nitrogen and oxygen atoms in total. The van der Waals surface area contributed by atoms with Crippen molar-refractivity contribution < 1.29 is 9.84 Å². The third kappa shape index (κ3) is 3.26. The molecule has 3 aromatic heterocycles. The number of rotatable bonds is 5. The number of fused-ring (bicyclic) bond motifs is 1. The summed E-state index contributed by atoms with van der Waals surface area (Å²) in [7, 11) is 1.79. The summed E-state index contributed by atoms with van der Waals surface area (Å²) < 4.78 is 7.63. The van der Waals surface area contributed by atoms with Crippen LogP contribution in [-0.2, 0) is 7.05 Å². The Kier molecular flexibility index (Phi) is 4.10. The first-order valence-corrected chi connectivity index (χ1v) is 9.10. The predicted molar refractivity (Wildman–Crippen MR) is 107 cm³/mol. The van der Waals surface area contributed by atoms with Crippen LogP contribution in [0, 0.1) is 0 Å². The van der Waals surface area contributed by atoms with Gasteiger partial charge in [0.2, 0.25) is 0 Å². The first-order chi connectivity index (χ1) is 14.2. The molecule has 2 aromatic carbocycles. The van der Waals surface area contributed by atoms with E-state index in [9.17, 15) is 5.11 Å². The molecule has 1 atom stereocenters. The zero-order valence-electron chi connectivity index (χ0n) is 15.6. The van der Waals surface area contributed by atoms with Gasteiger partial charge in [-0.15, -0.1) is 0 Å². The van der Waals surface area contributed by atoms with Crippen molar-refractivity contribution in [2.75, 3.05) is 0 Å². The van der Waals surface area contributed by atoms with Gasteiger partial charge in [0.25, 0.3) is 0 Å². The lowest BCUT2D eigenvalue weighted by molar-refractivity contribution is 0.205. The van der Waals surface area contributed by atoms with Crippen LogP contribution in [-0.4, -0.2) is 34.8 Å². The lowest BCUT2D eigenvalue weighted by Gasteiger charge is -2.09. The number of aryl methyl sites for hydroxylation is 1. The summed E-state index contributed by atoms with van der Waals surface area (Å²) in [5.41, 5.74) is 3.94. The number of benzene rings is 2. The minimum atomic E-state index is -0.829. The molecule has 3 N–H and O–H groups in total. The molecule has 1 unspecified atom stereocenters. The van der Waals surface area contributed by atoms with Gasteiger partial charge in [0.05, 0.1) is 34.9 Å². The highest BCUT2D eigenvalue weighted by atomic mass is 16.5. The number of hydrogen-bond acceptors (Lipinski definition) is 5. The van der Waals surface area contributed by atoms with Gasteiger partial charge in [-0.2, -0.15) is 5.10 Å². The summed E-state index contributed by atoms with van der Waals surface area (Å²) in [5, 5.41) is 14.7. The molecule has 144 valence electrons. The fourth-order valence-corrected chi connectivity index (χ4v) is 3.25. The van der Waals surface area contributed by atoms with Crippen LogP contribution < -0.4 is 4.74 Å². The number of aromatic amines is 2. The Bertz CT molecular complexity index is 1290. The van der Waals surface area contributed by atoms with Crippen LogP contribution in [0.3, 0.4) is 0 Å². The number of aromatic nitrogens is 6. The van der Waals surface area contributed by atoms with E-state index in [4.69, 9.17) is 4.74 Å². The number of H-pyrrole nitrogens is 2. The maximum absolute atomic E-state index is 10.6. The largest absolute Gasteiger partial charge is 0.457 e. The Labute approximate surface area is 165 Å². The number of nitrogens with one attached hydrogen (secondary N) is 2. The third-order valence-corrected chi connectivity index (χ3v) is 4.76. The van der Waals surface area contributed by atoms with Crippen LogP contribution >= 0.6 is 0 Å². The summed E-state index contributed by atoms with van der Waals surface area (Å²) in [4.78, 5) is 14.9. The van der Waals surface area contributed by atoms with Crippen LogP contribution in [0.4, 0.5) is 0 Å². The molecule has 0 amide bonds. The van der Waals surface area contributed by atoms with E-state index in [0.717, 1.165) is 16.6 Å². The highest BCUT2D eigenvalue weighted by molar-refractivity contribution is 5.76. The van der Waals surface area contributed by atoms with Crippen molar-refractivity contribution in [3.8, 4) is 22.9 Å². The van der Waals surface area contributed by atoms with E-state index in [-0.39, 0.29) is 0 Å². The molecule has 5 aromatic rings. The first kappa shape index (κ1) is 17.2. The molecule has 0 fully saturated rings. The van der Waals surface area contributed by atoms with Crippen molar-refractivity contribution in [2.45, 2.75) is 6.10 Å². The number of imidazole rings is 2. The van der Waals surface area contributed by atoms with E-state index in [1.54, 1.807) is 36.5 Å². The second-order valence-electron chi connectivity index (χ2n) is 6.68. The van der Waals surface area contributed by atoms with E-state index in [2.05, 4.69) is 25.0 Å². The van der Waals surface area contributed by atoms with Gasteiger partial charge in [0.15, 0.2) is 0 Å². The molecule has 0 bridgehead atoms. The molecule has 0 aliphatic heterocycles. The van der Waals surface area contributed by atoms with Crippen LogP contribution in [0.5, 0.6) is 11.5 Å². The summed E-state index contributed by atoms with van der Waals surface area (Å²) in [6.45, 7) is 0. The van der Waals surface area contributed by atoms with E-state index in [0.29, 0.717) is 28.7 Å². The molecule has 29 heavy (non-hydrogen) atoms. The van der Waals surface area contributed by atoms with E-state index < -0.39 is 6.10 Å². The number of hydrogen-bond donors (Lipinski definition) is 3. The maximum Gasteiger partial charge on any atom is 0.137 e. The van der Waals surface area contributed by atoms with Gasteiger partial charge in [-0.3, -0.25) is 4.68 Å². The number of aliphatic hydroxyl groups excluding tert-OH is 1. The summed E-state index contributed by atoms with van der Waals surface area (Å²) in [5.74, 6) is 2.05. The average molecular weight is 386 g/mol. The van der Waals surface area contributed by atoms with E-state index in [1.807, 2.05) is 42.5 Å². The molecule has 0 aliphatic carbocycles. The molecule has 8 heteroatoms. The van der Waals surface area contributed by atoms with E-state index in [1.165, 1.54) is 0 Å². The minimum Gasteiger partial charge on any atom is -0.457 e. The summed E-state index contributed by atoms with van der Waals surface area (Å²) in [6.07, 6.45) is 4.11. The molecule has 5 rings (SSSR count). The summed E-state index contributed by atoms with van der Waals surface area (Å²) in [6, 6.07) is 15.1. The molecule has 0 saturated heterocycles. The maximum atomic E-state index is 10.6. The number of ether oxygens (including phenoxy) is 1.